The second kappa shape index (κ2) is 7.90. The van der Waals surface area contributed by atoms with Gasteiger partial charge >= 0.3 is 0 Å². The SMILES string of the molecule is C[NH+](CC(=O)NCc1ccc(F)cc1)Cc1ccc2ccccc2c1. The average molecular weight is 337 g/mol. The highest BCUT2D eigenvalue weighted by Gasteiger charge is 2.10. The van der Waals surface area contributed by atoms with E-state index in [1.165, 1.54) is 28.5 Å². The molecule has 3 aromatic carbocycles. The summed E-state index contributed by atoms with van der Waals surface area (Å²) in [4.78, 5) is 13.2. The largest absolute Gasteiger partial charge is 0.347 e. The molecule has 0 heterocycles. The Labute approximate surface area is 147 Å². The number of benzene rings is 3. The smallest absolute Gasteiger partial charge is 0.275 e. The molecule has 128 valence electrons. The third kappa shape index (κ3) is 4.88. The molecule has 3 rings (SSSR count). The van der Waals surface area contributed by atoms with Crippen molar-refractivity contribution in [1.29, 1.82) is 0 Å². The summed E-state index contributed by atoms with van der Waals surface area (Å²) < 4.78 is 12.9. The van der Waals surface area contributed by atoms with Gasteiger partial charge in [-0.1, -0.05) is 48.5 Å². The molecule has 0 fully saturated rings. The van der Waals surface area contributed by atoms with Crippen LogP contribution in [-0.4, -0.2) is 19.5 Å². The molecule has 3 nitrogen and oxygen atoms in total. The molecule has 0 radical (unpaired) electrons. The van der Waals surface area contributed by atoms with Crippen molar-refractivity contribution < 1.29 is 14.1 Å². The number of likely N-dealkylation sites (N-methyl/N-ethyl adjacent to an activating group) is 1. The molecule has 0 aliphatic carbocycles. The van der Waals surface area contributed by atoms with Crippen molar-refractivity contribution in [2.45, 2.75) is 13.1 Å². The van der Waals surface area contributed by atoms with Gasteiger partial charge in [0.1, 0.15) is 12.4 Å². The van der Waals surface area contributed by atoms with E-state index in [-0.39, 0.29) is 11.7 Å². The lowest BCUT2D eigenvalue weighted by atomic mass is 10.1. The van der Waals surface area contributed by atoms with Gasteiger partial charge in [0, 0.05) is 12.1 Å². The fourth-order valence-corrected chi connectivity index (χ4v) is 2.90. The number of rotatable bonds is 6. The van der Waals surface area contributed by atoms with E-state index >= 15 is 0 Å². The molecule has 0 saturated carbocycles. The van der Waals surface area contributed by atoms with E-state index in [9.17, 15) is 9.18 Å². The Balaban J connectivity index is 1.51. The topological polar surface area (TPSA) is 33.5 Å². The minimum absolute atomic E-state index is 0.0115. The van der Waals surface area contributed by atoms with Crippen LogP contribution < -0.4 is 10.2 Å². The molecule has 25 heavy (non-hydrogen) atoms. The molecule has 1 unspecified atom stereocenters. The fourth-order valence-electron chi connectivity index (χ4n) is 2.90. The van der Waals surface area contributed by atoms with Crippen molar-refractivity contribution in [3.8, 4) is 0 Å². The van der Waals surface area contributed by atoms with Crippen LogP contribution in [0, 0.1) is 5.82 Å². The van der Waals surface area contributed by atoms with Crippen LogP contribution in [0.15, 0.2) is 66.7 Å². The number of nitrogens with one attached hydrogen (secondary N) is 2. The number of quaternary nitrogens is 1. The maximum Gasteiger partial charge on any atom is 0.275 e. The summed E-state index contributed by atoms with van der Waals surface area (Å²) >= 11 is 0. The number of carbonyl (C=O) groups is 1. The van der Waals surface area contributed by atoms with Crippen LogP contribution in [0.2, 0.25) is 0 Å². The Morgan fingerprint density at radius 3 is 2.40 bits per heavy atom. The number of carbonyl (C=O) groups excluding carboxylic acids is 1. The zero-order chi connectivity index (χ0) is 17.6. The van der Waals surface area contributed by atoms with Crippen LogP contribution in [0.1, 0.15) is 11.1 Å². The summed E-state index contributed by atoms with van der Waals surface area (Å²) in [6.07, 6.45) is 0. The van der Waals surface area contributed by atoms with Crippen LogP contribution in [-0.2, 0) is 17.9 Å². The van der Waals surface area contributed by atoms with Crippen molar-refractivity contribution in [3.05, 3.63) is 83.7 Å². The normalized spacial score (nSPS) is 12.1. The average Bonchev–Trinajstić information content (AvgIpc) is 2.61. The number of halogens is 1. The summed E-state index contributed by atoms with van der Waals surface area (Å²) in [5.74, 6) is -0.280. The van der Waals surface area contributed by atoms with E-state index in [0.29, 0.717) is 13.1 Å². The zero-order valence-corrected chi connectivity index (χ0v) is 14.3. The molecule has 0 aromatic heterocycles. The molecule has 1 atom stereocenters. The van der Waals surface area contributed by atoms with Crippen molar-refractivity contribution in [3.63, 3.8) is 0 Å². The second-order valence-electron chi connectivity index (χ2n) is 6.40. The molecular weight excluding hydrogens is 315 g/mol. The lowest BCUT2D eigenvalue weighted by Crippen LogP contribution is -3.08. The quantitative estimate of drug-likeness (QED) is 0.711. The van der Waals surface area contributed by atoms with Crippen LogP contribution in [0.25, 0.3) is 10.8 Å². The predicted molar refractivity (Wildman–Crippen MR) is 97.7 cm³/mol. The van der Waals surface area contributed by atoms with Gasteiger partial charge in [-0.15, -0.1) is 0 Å². The van der Waals surface area contributed by atoms with E-state index < -0.39 is 0 Å². The Hall–Kier alpha value is -2.72. The van der Waals surface area contributed by atoms with E-state index in [1.54, 1.807) is 12.1 Å². The molecule has 0 saturated heterocycles. The van der Waals surface area contributed by atoms with Crippen LogP contribution >= 0.6 is 0 Å². The third-order valence-electron chi connectivity index (χ3n) is 4.19. The van der Waals surface area contributed by atoms with Crippen molar-refractivity contribution >= 4 is 16.7 Å². The van der Waals surface area contributed by atoms with Crippen LogP contribution in [0.4, 0.5) is 4.39 Å². The highest BCUT2D eigenvalue weighted by molar-refractivity contribution is 5.83. The monoisotopic (exact) mass is 337 g/mol. The molecule has 4 heteroatoms. The fraction of sp³-hybridized carbons (Fsp3) is 0.190. The van der Waals surface area contributed by atoms with Crippen LogP contribution in [0.3, 0.4) is 0 Å². The van der Waals surface area contributed by atoms with Gasteiger partial charge in [-0.05, 0) is 34.5 Å². The first-order chi connectivity index (χ1) is 12.1. The van der Waals surface area contributed by atoms with Crippen LogP contribution in [0.5, 0.6) is 0 Å². The number of amides is 1. The molecule has 0 aliphatic heterocycles. The van der Waals surface area contributed by atoms with Crippen molar-refractivity contribution in [2.24, 2.45) is 0 Å². The maximum absolute atomic E-state index is 12.9. The van der Waals surface area contributed by atoms with Gasteiger partial charge in [-0.25, -0.2) is 4.39 Å². The minimum Gasteiger partial charge on any atom is -0.347 e. The summed E-state index contributed by atoms with van der Waals surface area (Å²) in [6, 6.07) is 20.8. The zero-order valence-electron chi connectivity index (χ0n) is 14.3. The number of fused-ring (bicyclic) bond motifs is 1. The van der Waals surface area contributed by atoms with E-state index in [0.717, 1.165) is 17.0 Å². The highest BCUT2D eigenvalue weighted by Crippen LogP contribution is 2.14. The number of hydrogen-bond donors (Lipinski definition) is 2. The van der Waals surface area contributed by atoms with Crippen molar-refractivity contribution in [2.75, 3.05) is 13.6 Å². The Kier molecular flexibility index (Phi) is 5.41. The molecule has 3 aromatic rings. The maximum atomic E-state index is 12.9. The minimum atomic E-state index is -0.269. The molecule has 0 aliphatic rings. The van der Waals surface area contributed by atoms with Crippen molar-refractivity contribution in [1.82, 2.24) is 5.32 Å². The third-order valence-corrected chi connectivity index (χ3v) is 4.19. The second-order valence-corrected chi connectivity index (χ2v) is 6.40. The van der Waals surface area contributed by atoms with E-state index in [2.05, 4.69) is 35.6 Å². The van der Waals surface area contributed by atoms with Gasteiger partial charge < -0.3 is 10.2 Å². The Bertz CT molecular complexity index is 861. The standard InChI is InChI=1S/C21H21FN2O/c1-24(14-17-6-9-18-4-2-3-5-19(18)12-17)15-21(25)23-13-16-7-10-20(22)11-8-16/h2-12H,13-15H2,1H3,(H,23,25)/p+1. The Morgan fingerprint density at radius 2 is 1.64 bits per heavy atom. The van der Waals surface area contributed by atoms with Gasteiger partial charge in [-0.2, -0.15) is 0 Å². The summed E-state index contributed by atoms with van der Waals surface area (Å²) in [5, 5.41) is 5.32. The summed E-state index contributed by atoms with van der Waals surface area (Å²) in [6.45, 7) is 1.60. The van der Waals surface area contributed by atoms with Gasteiger partial charge in [0.25, 0.3) is 5.91 Å². The predicted octanol–water partition coefficient (Wildman–Crippen LogP) is 2.31. The molecule has 0 spiro atoms. The van der Waals surface area contributed by atoms with E-state index in [1.807, 2.05) is 19.2 Å². The summed E-state index contributed by atoms with van der Waals surface area (Å²) in [7, 11) is 2.01. The number of hydrogen-bond acceptors (Lipinski definition) is 1. The Morgan fingerprint density at radius 1 is 0.960 bits per heavy atom. The molecular formula is C21H22FN2O+. The van der Waals surface area contributed by atoms with Gasteiger partial charge in [0.05, 0.1) is 7.05 Å². The van der Waals surface area contributed by atoms with Gasteiger partial charge in [0.15, 0.2) is 6.54 Å². The first kappa shape index (κ1) is 17.1. The first-order valence-corrected chi connectivity index (χ1v) is 8.40. The van der Waals surface area contributed by atoms with E-state index in [4.69, 9.17) is 0 Å². The molecule has 2 N–H and O–H groups in total. The van der Waals surface area contributed by atoms with Gasteiger partial charge in [-0.3, -0.25) is 4.79 Å². The lowest BCUT2D eigenvalue weighted by molar-refractivity contribution is -0.885. The molecule has 1 amide bonds. The summed E-state index contributed by atoms with van der Waals surface area (Å²) in [5.41, 5.74) is 2.10. The first-order valence-electron chi connectivity index (χ1n) is 8.40. The lowest BCUT2D eigenvalue weighted by Gasteiger charge is -2.14. The molecule has 0 bridgehead atoms. The highest BCUT2D eigenvalue weighted by atomic mass is 19.1. The van der Waals surface area contributed by atoms with Gasteiger partial charge in [0.2, 0.25) is 0 Å².